The predicted molar refractivity (Wildman–Crippen MR) is 80.3 cm³/mol. The van der Waals surface area contributed by atoms with Crippen molar-refractivity contribution in [3.05, 3.63) is 26.8 Å². The summed E-state index contributed by atoms with van der Waals surface area (Å²) in [6, 6.07) is 3.38. The van der Waals surface area contributed by atoms with Gasteiger partial charge < -0.3 is 5.32 Å². The first kappa shape index (κ1) is 15.1. The van der Waals surface area contributed by atoms with Crippen molar-refractivity contribution in [2.24, 2.45) is 0 Å². The van der Waals surface area contributed by atoms with Crippen LogP contribution in [0.2, 0.25) is 0 Å². The van der Waals surface area contributed by atoms with Crippen LogP contribution in [0.25, 0.3) is 0 Å². The van der Waals surface area contributed by atoms with Gasteiger partial charge in [-0.25, -0.2) is 0 Å². The summed E-state index contributed by atoms with van der Waals surface area (Å²) in [6.07, 6.45) is 0. The van der Waals surface area contributed by atoms with Gasteiger partial charge in [0.1, 0.15) is 4.90 Å². The zero-order chi connectivity index (χ0) is 14.0. The Balaban J connectivity index is 2.29. The van der Waals surface area contributed by atoms with Gasteiger partial charge in [0, 0.05) is 36.3 Å². The maximum absolute atomic E-state index is 13.3. The molecule has 4 nitrogen and oxygen atoms in total. The first-order valence-electron chi connectivity index (χ1n) is 6.04. The maximum Gasteiger partial charge on any atom is 0.332 e. The number of benzene rings is 1. The quantitative estimate of drug-likeness (QED) is 0.622. The third-order valence-corrected chi connectivity index (χ3v) is 5.30. The van der Waals surface area contributed by atoms with Crippen molar-refractivity contribution in [3.8, 4) is 0 Å². The summed E-state index contributed by atoms with van der Waals surface area (Å²) in [5.74, 6) is 0. The Hall–Kier alpha value is -0.250. The zero-order valence-corrected chi connectivity index (χ0v) is 13.6. The van der Waals surface area contributed by atoms with E-state index in [2.05, 4.69) is 10.2 Å². The molecule has 0 bridgehead atoms. The number of rotatable bonds is 3. The molecule has 0 unspecified atom stereocenters. The molecule has 1 fully saturated rings. The summed E-state index contributed by atoms with van der Waals surface area (Å²) in [7, 11) is -4.65. The van der Waals surface area contributed by atoms with Gasteiger partial charge in [-0.3, -0.25) is 4.90 Å². The molecule has 1 aromatic carbocycles. The standard InChI is InChI=1S/C12H16FIN2O2S/c1-9-11(14)6-10(7-12(9)19(13,17)18)8-16-4-2-15-3-5-16/h6-7,15H,2-5,8H2,1H3. The lowest BCUT2D eigenvalue weighted by molar-refractivity contribution is 0.233. The molecule has 0 aromatic heterocycles. The molecule has 1 aromatic rings. The fourth-order valence-electron chi connectivity index (χ4n) is 2.18. The van der Waals surface area contributed by atoms with Gasteiger partial charge in [0.05, 0.1) is 0 Å². The largest absolute Gasteiger partial charge is 0.332 e. The molecule has 2 rings (SSSR count). The molecular formula is C12H16FIN2O2S. The van der Waals surface area contributed by atoms with Crippen LogP contribution in [-0.2, 0) is 16.8 Å². The summed E-state index contributed by atoms with van der Waals surface area (Å²) >= 11 is 2.05. The van der Waals surface area contributed by atoms with Crippen LogP contribution >= 0.6 is 22.6 Å². The molecule has 1 heterocycles. The summed E-state index contributed by atoms with van der Waals surface area (Å²) < 4.78 is 36.4. The fraction of sp³-hybridized carbons (Fsp3) is 0.500. The fourth-order valence-corrected chi connectivity index (χ4v) is 3.82. The van der Waals surface area contributed by atoms with Gasteiger partial charge in [0.15, 0.2) is 0 Å². The van der Waals surface area contributed by atoms with Gasteiger partial charge in [-0.2, -0.15) is 8.42 Å². The van der Waals surface area contributed by atoms with Crippen LogP contribution in [0, 0.1) is 10.5 Å². The van der Waals surface area contributed by atoms with E-state index in [0.29, 0.717) is 12.1 Å². The smallest absolute Gasteiger partial charge is 0.314 e. The van der Waals surface area contributed by atoms with E-state index < -0.39 is 10.2 Å². The second-order valence-electron chi connectivity index (χ2n) is 4.66. The molecule has 0 radical (unpaired) electrons. The maximum atomic E-state index is 13.3. The molecule has 0 saturated carbocycles. The Morgan fingerprint density at radius 1 is 1.37 bits per heavy atom. The Kier molecular flexibility index (Phi) is 4.80. The predicted octanol–water partition coefficient (Wildman–Crippen LogP) is 1.66. The van der Waals surface area contributed by atoms with Crippen molar-refractivity contribution in [2.75, 3.05) is 26.2 Å². The van der Waals surface area contributed by atoms with Gasteiger partial charge in [-0.1, -0.05) is 0 Å². The molecule has 7 heteroatoms. The number of hydrogen-bond acceptors (Lipinski definition) is 4. The second kappa shape index (κ2) is 6.02. The molecule has 106 valence electrons. The van der Waals surface area contributed by atoms with Gasteiger partial charge in [-0.15, -0.1) is 3.89 Å². The minimum Gasteiger partial charge on any atom is -0.314 e. The Labute approximate surface area is 126 Å². The van der Waals surface area contributed by atoms with Gasteiger partial charge in [0.25, 0.3) is 0 Å². The minimum atomic E-state index is -4.65. The van der Waals surface area contributed by atoms with E-state index in [-0.39, 0.29) is 4.90 Å². The van der Waals surface area contributed by atoms with Crippen LogP contribution in [0.5, 0.6) is 0 Å². The first-order chi connectivity index (χ1) is 8.88. The molecule has 0 aliphatic carbocycles. The molecule has 1 aliphatic heterocycles. The van der Waals surface area contributed by atoms with Crippen molar-refractivity contribution in [1.82, 2.24) is 10.2 Å². The SMILES string of the molecule is Cc1c(I)cc(CN2CCNCC2)cc1S(=O)(=O)F. The van der Waals surface area contributed by atoms with E-state index in [1.165, 1.54) is 6.07 Å². The van der Waals surface area contributed by atoms with Crippen LogP contribution in [0.4, 0.5) is 3.89 Å². The van der Waals surface area contributed by atoms with Gasteiger partial charge in [-0.05, 0) is 52.8 Å². The van der Waals surface area contributed by atoms with Crippen molar-refractivity contribution in [1.29, 1.82) is 0 Å². The minimum absolute atomic E-state index is 0.204. The molecule has 0 spiro atoms. The van der Waals surface area contributed by atoms with Crippen LogP contribution < -0.4 is 5.32 Å². The number of nitrogens with zero attached hydrogens (tertiary/aromatic N) is 1. The molecule has 0 amide bonds. The topological polar surface area (TPSA) is 49.4 Å². The first-order valence-corrected chi connectivity index (χ1v) is 8.51. The third kappa shape index (κ3) is 3.87. The van der Waals surface area contributed by atoms with E-state index in [4.69, 9.17) is 0 Å². The molecule has 19 heavy (non-hydrogen) atoms. The van der Waals surface area contributed by atoms with Crippen molar-refractivity contribution in [3.63, 3.8) is 0 Å². The van der Waals surface area contributed by atoms with Crippen LogP contribution in [-0.4, -0.2) is 39.5 Å². The lowest BCUT2D eigenvalue weighted by atomic mass is 10.1. The van der Waals surface area contributed by atoms with Crippen LogP contribution in [0.1, 0.15) is 11.1 Å². The van der Waals surface area contributed by atoms with E-state index >= 15 is 0 Å². The molecule has 1 N–H and O–H groups in total. The summed E-state index contributed by atoms with van der Waals surface area (Å²) in [5, 5.41) is 3.26. The highest BCUT2D eigenvalue weighted by molar-refractivity contribution is 14.1. The molecule has 1 saturated heterocycles. The number of halogens is 2. The lowest BCUT2D eigenvalue weighted by Gasteiger charge is -2.27. The molecular weight excluding hydrogens is 382 g/mol. The monoisotopic (exact) mass is 398 g/mol. The number of nitrogens with one attached hydrogen (secondary N) is 1. The average Bonchev–Trinajstić information content (AvgIpc) is 2.33. The van der Waals surface area contributed by atoms with Crippen LogP contribution in [0.3, 0.4) is 0 Å². The Morgan fingerprint density at radius 3 is 2.58 bits per heavy atom. The second-order valence-corrected chi connectivity index (χ2v) is 7.14. The van der Waals surface area contributed by atoms with Gasteiger partial charge in [0.2, 0.25) is 0 Å². The van der Waals surface area contributed by atoms with E-state index in [1.807, 2.05) is 28.7 Å². The zero-order valence-electron chi connectivity index (χ0n) is 10.6. The summed E-state index contributed by atoms with van der Waals surface area (Å²) in [5.41, 5.74) is 1.32. The Morgan fingerprint density at radius 2 is 2.00 bits per heavy atom. The number of hydrogen-bond donors (Lipinski definition) is 1. The summed E-state index contributed by atoms with van der Waals surface area (Å²) in [4.78, 5) is 2.02. The van der Waals surface area contributed by atoms with Gasteiger partial charge >= 0.3 is 10.2 Å². The van der Waals surface area contributed by atoms with Crippen molar-refractivity contribution >= 4 is 32.8 Å². The molecule has 0 atom stereocenters. The Bertz CT molecular complexity index is 571. The summed E-state index contributed by atoms with van der Waals surface area (Å²) in [6.45, 7) is 5.97. The highest BCUT2D eigenvalue weighted by Crippen LogP contribution is 2.25. The molecule has 1 aliphatic rings. The van der Waals surface area contributed by atoms with E-state index in [9.17, 15) is 12.3 Å². The highest BCUT2D eigenvalue weighted by atomic mass is 127. The van der Waals surface area contributed by atoms with E-state index in [0.717, 1.165) is 35.3 Å². The average molecular weight is 398 g/mol. The third-order valence-electron chi connectivity index (χ3n) is 3.23. The van der Waals surface area contributed by atoms with Crippen LogP contribution in [0.15, 0.2) is 17.0 Å². The van der Waals surface area contributed by atoms with Crippen molar-refractivity contribution < 1.29 is 12.3 Å². The number of piperazine rings is 1. The highest BCUT2D eigenvalue weighted by Gasteiger charge is 2.19. The lowest BCUT2D eigenvalue weighted by Crippen LogP contribution is -2.42. The van der Waals surface area contributed by atoms with Crippen molar-refractivity contribution in [2.45, 2.75) is 18.4 Å². The van der Waals surface area contributed by atoms with E-state index in [1.54, 1.807) is 6.92 Å². The normalized spacial score (nSPS) is 17.6.